The Labute approximate surface area is 166 Å². The van der Waals surface area contributed by atoms with Gasteiger partial charge in [-0.1, -0.05) is 54.6 Å². The molecule has 3 rings (SSSR count). The number of carbonyl (C=O) groups is 1. The summed E-state index contributed by atoms with van der Waals surface area (Å²) in [6.07, 6.45) is 0. The number of quaternary nitrogens is 1. The van der Waals surface area contributed by atoms with Crippen molar-refractivity contribution in [2.45, 2.75) is 19.7 Å². The van der Waals surface area contributed by atoms with E-state index in [0.29, 0.717) is 18.7 Å². The smallest absolute Gasteiger partial charge is 0.251 e. The Bertz CT molecular complexity index is 890. The number of hydrogen-bond donors (Lipinski definition) is 2. The second-order valence-corrected chi connectivity index (χ2v) is 7.13. The molecule has 28 heavy (non-hydrogen) atoms. The normalized spacial score (nSPS) is 10.7. The number of amides is 1. The highest BCUT2D eigenvalue weighted by atomic mass is 16.5. The number of nitrogens with one attached hydrogen (secondary N) is 2. The number of ether oxygens (including phenoxy) is 1. The summed E-state index contributed by atoms with van der Waals surface area (Å²) in [5.74, 6) is 0.668. The summed E-state index contributed by atoms with van der Waals surface area (Å²) < 4.78 is 5.77. The van der Waals surface area contributed by atoms with Crippen molar-refractivity contribution in [2.24, 2.45) is 0 Å². The molecule has 0 aliphatic carbocycles. The van der Waals surface area contributed by atoms with Gasteiger partial charge in [0.25, 0.3) is 5.91 Å². The first-order valence-corrected chi connectivity index (χ1v) is 9.52. The molecule has 3 aromatic carbocycles. The maximum atomic E-state index is 12.5. The molecule has 0 atom stereocenters. The van der Waals surface area contributed by atoms with Crippen LogP contribution in [0.25, 0.3) is 0 Å². The molecular formula is C24H27N2O2+. The fourth-order valence-electron chi connectivity index (χ4n) is 3.00. The summed E-state index contributed by atoms with van der Waals surface area (Å²) in [5.41, 5.74) is 4.15. The van der Waals surface area contributed by atoms with Crippen molar-refractivity contribution in [1.82, 2.24) is 5.32 Å². The van der Waals surface area contributed by atoms with Gasteiger partial charge in [-0.15, -0.1) is 0 Å². The lowest BCUT2D eigenvalue weighted by Gasteiger charge is -2.13. The summed E-state index contributed by atoms with van der Waals surface area (Å²) >= 11 is 0. The summed E-state index contributed by atoms with van der Waals surface area (Å²) in [6, 6.07) is 25.5. The van der Waals surface area contributed by atoms with E-state index in [1.54, 1.807) is 12.1 Å². The van der Waals surface area contributed by atoms with Crippen LogP contribution in [-0.2, 0) is 19.7 Å². The topological polar surface area (TPSA) is 42.8 Å². The van der Waals surface area contributed by atoms with E-state index in [9.17, 15) is 4.79 Å². The van der Waals surface area contributed by atoms with Crippen molar-refractivity contribution in [2.75, 3.05) is 14.1 Å². The monoisotopic (exact) mass is 375 g/mol. The first-order valence-electron chi connectivity index (χ1n) is 9.52. The van der Waals surface area contributed by atoms with E-state index in [4.69, 9.17) is 4.74 Å². The second-order valence-electron chi connectivity index (χ2n) is 7.13. The first kappa shape index (κ1) is 19.6. The Morgan fingerprint density at radius 2 is 1.50 bits per heavy atom. The third-order valence-electron chi connectivity index (χ3n) is 4.47. The zero-order valence-corrected chi connectivity index (χ0v) is 16.4. The molecule has 2 N–H and O–H groups in total. The van der Waals surface area contributed by atoms with E-state index in [1.165, 1.54) is 10.5 Å². The van der Waals surface area contributed by atoms with Crippen LogP contribution in [0.1, 0.15) is 27.0 Å². The Morgan fingerprint density at radius 3 is 2.18 bits per heavy atom. The van der Waals surface area contributed by atoms with Crippen LogP contribution >= 0.6 is 0 Å². The Balaban J connectivity index is 1.55. The lowest BCUT2D eigenvalue weighted by atomic mass is 10.1. The minimum atomic E-state index is -0.0818. The Hall–Kier alpha value is -3.11. The van der Waals surface area contributed by atoms with Gasteiger partial charge in [-0.05, 0) is 35.4 Å². The SMILES string of the molecule is C[NH+](C)Cc1ccccc1CNC(=O)c1ccc(OCc2ccccc2)cc1. The first-order chi connectivity index (χ1) is 13.6. The van der Waals surface area contributed by atoms with Gasteiger partial charge in [0.1, 0.15) is 18.9 Å². The summed E-state index contributed by atoms with van der Waals surface area (Å²) in [5, 5.41) is 3.02. The van der Waals surface area contributed by atoms with Crippen LogP contribution in [-0.4, -0.2) is 20.0 Å². The van der Waals surface area contributed by atoms with Crippen LogP contribution in [0.2, 0.25) is 0 Å². The molecule has 0 saturated heterocycles. The van der Waals surface area contributed by atoms with Crippen molar-refractivity contribution in [3.05, 3.63) is 101 Å². The quantitative estimate of drug-likeness (QED) is 0.636. The van der Waals surface area contributed by atoms with Crippen LogP contribution in [0, 0.1) is 0 Å². The van der Waals surface area contributed by atoms with E-state index < -0.39 is 0 Å². The maximum Gasteiger partial charge on any atom is 0.251 e. The highest BCUT2D eigenvalue weighted by molar-refractivity contribution is 5.94. The van der Waals surface area contributed by atoms with Gasteiger partial charge in [0.05, 0.1) is 14.1 Å². The largest absolute Gasteiger partial charge is 0.489 e. The molecule has 1 amide bonds. The van der Waals surface area contributed by atoms with Gasteiger partial charge in [0, 0.05) is 17.7 Å². The summed E-state index contributed by atoms with van der Waals surface area (Å²) in [4.78, 5) is 13.8. The predicted molar refractivity (Wildman–Crippen MR) is 111 cm³/mol. The van der Waals surface area contributed by atoms with Gasteiger partial charge in [-0.2, -0.15) is 0 Å². The van der Waals surface area contributed by atoms with Crippen molar-refractivity contribution < 1.29 is 14.4 Å². The minimum absolute atomic E-state index is 0.0818. The van der Waals surface area contributed by atoms with Crippen LogP contribution in [0.3, 0.4) is 0 Å². The van der Waals surface area contributed by atoms with E-state index in [-0.39, 0.29) is 5.91 Å². The maximum absolute atomic E-state index is 12.5. The van der Waals surface area contributed by atoms with E-state index in [1.807, 2.05) is 54.6 Å². The zero-order chi connectivity index (χ0) is 19.8. The molecule has 0 unspecified atom stereocenters. The number of hydrogen-bond acceptors (Lipinski definition) is 2. The fraction of sp³-hybridized carbons (Fsp3) is 0.208. The standard InChI is InChI=1S/C24H26N2O2/c1-26(2)17-22-11-7-6-10-21(22)16-25-24(27)20-12-14-23(15-13-20)28-18-19-8-4-3-5-9-19/h3-15H,16-18H2,1-2H3,(H,25,27)/p+1. The average molecular weight is 375 g/mol. The molecule has 3 aromatic rings. The molecule has 0 saturated carbocycles. The molecule has 0 bridgehead atoms. The molecule has 0 aliphatic rings. The van der Waals surface area contributed by atoms with Gasteiger partial charge in [0.15, 0.2) is 0 Å². The molecule has 0 fully saturated rings. The molecule has 4 heteroatoms. The van der Waals surface area contributed by atoms with Gasteiger partial charge in [-0.3, -0.25) is 4.79 Å². The summed E-state index contributed by atoms with van der Waals surface area (Å²) in [7, 11) is 4.24. The number of benzene rings is 3. The van der Waals surface area contributed by atoms with E-state index >= 15 is 0 Å². The Kier molecular flexibility index (Phi) is 6.82. The molecular weight excluding hydrogens is 348 g/mol. The molecule has 0 aliphatic heterocycles. The Morgan fingerprint density at radius 1 is 0.857 bits per heavy atom. The molecule has 0 spiro atoms. The highest BCUT2D eigenvalue weighted by Gasteiger charge is 2.09. The minimum Gasteiger partial charge on any atom is -0.489 e. The average Bonchev–Trinajstić information content (AvgIpc) is 2.72. The second kappa shape index (κ2) is 9.72. The van der Waals surface area contributed by atoms with Gasteiger partial charge in [0.2, 0.25) is 0 Å². The third kappa shape index (κ3) is 5.69. The van der Waals surface area contributed by atoms with Crippen molar-refractivity contribution in [3.63, 3.8) is 0 Å². The fourth-order valence-corrected chi connectivity index (χ4v) is 3.00. The van der Waals surface area contributed by atoms with Crippen LogP contribution < -0.4 is 15.0 Å². The van der Waals surface area contributed by atoms with Crippen molar-refractivity contribution >= 4 is 5.91 Å². The van der Waals surface area contributed by atoms with Crippen LogP contribution in [0.15, 0.2) is 78.9 Å². The van der Waals surface area contributed by atoms with Crippen LogP contribution in [0.5, 0.6) is 5.75 Å². The zero-order valence-electron chi connectivity index (χ0n) is 16.4. The van der Waals surface area contributed by atoms with Crippen molar-refractivity contribution in [1.29, 1.82) is 0 Å². The molecule has 0 heterocycles. The number of carbonyl (C=O) groups excluding carboxylic acids is 1. The van der Waals surface area contributed by atoms with Crippen molar-refractivity contribution in [3.8, 4) is 5.75 Å². The predicted octanol–water partition coefficient (Wildman–Crippen LogP) is 2.84. The molecule has 144 valence electrons. The molecule has 4 nitrogen and oxygen atoms in total. The lowest BCUT2D eigenvalue weighted by Crippen LogP contribution is -3.04. The number of rotatable bonds is 8. The van der Waals surface area contributed by atoms with Crippen LogP contribution in [0.4, 0.5) is 0 Å². The third-order valence-corrected chi connectivity index (χ3v) is 4.47. The van der Waals surface area contributed by atoms with E-state index in [0.717, 1.165) is 23.4 Å². The van der Waals surface area contributed by atoms with E-state index in [2.05, 4.69) is 31.5 Å². The van der Waals surface area contributed by atoms with Gasteiger partial charge in [-0.25, -0.2) is 0 Å². The summed E-state index contributed by atoms with van der Waals surface area (Å²) in [6.45, 7) is 1.96. The van der Waals surface area contributed by atoms with Gasteiger partial charge < -0.3 is 15.0 Å². The highest BCUT2D eigenvalue weighted by Crippen LogP contribution is 2.15. The molecule has 0 aromatic heterocycles. The molecule has 0 radical (unpaired) electrons. The lowest BCUT2D eigenvalue weighted by molar-refractivity contribution is -0.872. The van der Waals surface area contributed by atoms with Gasteiger partial charge >= 0.3 is 0 Å².